The van der Waals surface area contributed by atoms with Gasteiger partial charge in [0.2, 0.25) is 0 Å². The topological polar surface area (TPSA) is 12.0 Å². The molecule has 1 saturated carbocycles. The molecule has 1 aliphatic carbocycles. The van der Waals surface area contributed by atoms with Gasteiger partial charge in [0.15, 0.2) is 0 Å². The predicted octanol–water partition coefficient (Wildman–Crippen LogP) is 4.79. The lowest BCUT2D eigenvalue weighted by Gasteiger charge is -2.26. The molecule has 19 heavy (non-hydrogen) atoms. The molecule has 0 aliphatic heterocycles. The van der Waals surface area contributed by atoms with Crippen LogP contribution in [0.1, 0.15) is 44.6 Å². The van der Waals surface area contributed by atoms with Gasteiger partial charge in [-0.15, -0.1) is 0 Å². The zero-order valence-electron chi connectivity index (χ0n) is 11.6. The molecule has 0 aromatic heterocycles. The molecule has 0 spiro atoms. The Balaban J connectivity index is 1.67. The average molecular weight is 284 g/mol. The first kappa shape index (κ1) is 14.8. The minimum absolute atomic E-state index is 0.209. The van der Waals surface area contributed by atoms with Crippen molar-refractivity contribution in [3.05, 3.63) is 34.6 Å². The van der Waals surface area contributed by atoms with E-state index in [0.29, 0.717) is 0 Å². The van der Waals surface area contributed by atoms with E-state index in [0.717, 1.165) is 30.5 Å². The van der Waals surface area contributed by atoms with Crippen molar-refractivity contribution in [2.75, 3.05) is 6.54 Å². The monoisotopic (exact) mass is 283 g/mol. The van der Waals surface area contributed by atoms with E-state index >= 15 is 0 Å². The molecule has 2 atom stereocenters. The molecule has 1 aromatic carbocycles. The second-order valence-electron chi connectivity index (χ2n) is 5.85. The summed E-state index contributed by atoms with van der Waals surface area (Å²) < 4.78 is 13.0. The molecular formula is C16H23ClFN. The predicted molar refractivity (Wildman–Crippen MR) is 78.9 cm³/mol. The van der Waals surface area contributed by atoms with Crippen molar-refractivity contribution in [1.82, 2.24) is 5.32 Å². The summed E-state index contributed by atoms with van der Waals surface area (Å²) in [6, 6.07) is 4.92. The molecule has 0 radical (unpaired) electrons. The highest BCUT2D eigenvalue weighted by Gasteiger charge is 2.18. The highest BCUT2D eigenvalue weighted by atomic mass is 35.5. The Hall–Kier alpha value is -0.600. The highest BCUT2D eigenvalue weighted by Crippen LogP contribution is 2.30. The molecule has 2 unspecified atom stereocenters. The van der Waals surface area contributed by atoms with Gasteiger partial charge in [0, 0.05) is 6.54 Å². The fourth-order valence-corrected chi connectivity index (χ4v) is 3.21. The number of hydrogen-bond donors (Lipinski definition) is 1. The molecule has 0 heterocycles. The van der Waals surface area contributed by atoms with Crippen LogP contribution >= 0.6 is 11.6 Å². The minimum Gasteiger partial charge on any atom is -0.313 e. The third-order valence-electron chi connectivity index (χ3n) is 4.09. The molecule has 0 saturated heterocycles. The summed E-state index contributed by atoms with van der Waals surface area (Å²) in [4.78, 5) is 0. The van der Waals surface area contributed by atoms with Gasteiger partial charge in [-0.2, -0.15) is 0 Å². The second kappa shape index (κ2) is 7.25. The van der Waals surface area contributed by atoms with Crippen molar-refractivity contribution >= 4 is 11.6 Å². The van der Waals surface area contributed by atoms with Gasteiger partial charge < -0.3 is 5.32 Å². The van der Waals surface area contributed by atoms with E-state index < -0.39 is 0 Å². The molecule has 1 aromatic rings. The average Bonchev–Trinajstić information content (AvgIpc) is 2.39. The zero-order chi connectivity index (χ0) is 13.7. The Kier molecular flexibility index (Phi) is 5.65. The van der Waals surface area contributed by atoms with Gasteiger partial charge in [0.05, 0.1) is 5.02 Å². The van der Waals surface area contributed by atoms with Crippen molar-refractivity contribution in [2.45, 2.75) is 45.6 Å². The van der Waals surface area contributed by atoms with Crippen molar-refractivity contribution < 1.29 is 4.39 Å². The fraction of sp³-hybridized carbons (Fsp3) is 0.625. The van der Waals surface area contributed by atoms with Crippen LogP contribution in [0.25, 0.3) is 0 Å². The molecule has 1 N–H and O–H groups in total. The maximum atomic E-state index is 13.0. The smallest absolute Gasteiger partial charge is 0.141 e. The second-order valence-corrected chi connectivity index (χ2v) is 6.26. The van der Waals surface area contributed by atoms with E-state index in [9.17, 15) is 4.39 Å². The van der Waals surface area contributed by atoms with Gasteiger partial charge in [0.25, 0.3) is 0 Å². The summed E-state index contributed by atoms with van der Waals surface area (Å²) in [6.07, 6.45) is 6.80. The standard InChI is InChI=1S/C16H23ClFN/c1-12-3-2-4-13(9-12)7-8-19-11-14-5-6-16(18)15(17)10-14/h5-6,10,12-13,19H,2-4,7-9,11H2,1H3. The molecule has 1 aliphatic rings. The Labute approximate surface area is 120 Å². The van der Waals surface area contributed by atoms with Crippen LogP contribution in [0, 0.1) is 17.7 Å². The Bertz CT molecular complexity index is 408. The van der Waals surface area contributed by atoms with Crippen LogP contribution in [0.3, 0.4) is 0 Å². The summed E-state index contributed by atoms with van der Waals surface area (Å²) in [5.41, 5.74) is 1.04. The van der Waals surface area contributed by atoms with Crippen molar-refractivity contribution in [2.24, 2.45) is 11.8 Å². The molecule has 1 fully saturated rings. The van der Waals surface area contributed by atoms with Crippen molar-refractivity contribution in [3.8, 4) is 0 Å². The summed E-state index contributed by atoms with van der Waals surface area (Å²) in [5, 5.41) is 3.64. The Morgan fingerprint density at radius 2 is 2.21 bits per heavy atom. The zero-order valence-corrected chi connectivity index (χ0v) is 12.3. The lowest BCUT2D eigenvalue weighted by molar-refractivity contribution is 0.267. The van der Waals surface area contributed by atoms with Crippen LogP contribution in [0.2, 0.25) is 5.02 Å². The summed E-state index contributed by atoms with van der Waals surface area (Å²) >= 11 is 5.76. The van der Waals surface area contributed by atoms with Crippen LogP contribution in [0.15, 0.2) is 18.2 Å². The van der Waals surface area contributed by atoms with Gasteiger partial charge in [-0.05, 0) is 48.9 Å². The lowest BCUT2D eigenvalue weighted by atomic mass is 9.81. The van der Waals surface area contributed by atoms with E-state index in [4.69, 9.17) is 11.6 Å². The Morgan fingerprint density at radius 1 is 1.37 bits per heavy atom. The van der Waals surface area contributed by atoms with Crippen LogP contribution in [-0.4, -0.2) is 6.54 Å². The summed E-state index contributed by atoms with van der Waals surface area (Å²) in [6.45, 7) is 4.16. The maximum Gasteiger partial charge on any atom is 0.141 e. The SMILES string of the molecule is CC1CCCC(CCNCc2ccc(F)c(Cl)c2)C1. The molecular weight excluding hydrogens is 261 g/mol. The van der Waals surface area contributed by atoms with Gasteiger partial charge >= 0.3 is 0 Å². The largest absolute Gasteiger partial charge is 0.313 e. The third-order valence-corrected chi connectivity index (χ3v) is 4.38. The van der Waals surface area contributed by atoms with Gasteiger partial charge in [-0.3, -0.25) is 0 Å². The lowest BCUT2D eigenvalue weighted by Crippen LogP contribution is -2.21. The summed E-state index contributed by atoms with van der Waals surface area (Å²) in [5.74, 6) is 1.43. The minimum atomic E-state index is -0.346. The van der Waals surface area contributed by atoms with Crippen molar-refractivity contribution in [1.29, 1.82) is 0 Å². The molecule has 0 bridgehead atoms. The van der Waals surface area contributed by atoms with E-state index in [1.807, 2.05) is 0 Å². The van der Waals surface area contributed by atoms with Crippen molar-refractivity contribution in [3.63, 3.8) is 0 Å². The van der Waals surface area contributed by atoms with E-state index in [1.165, 1.54) is 38.2 Å². The van der Waals surface area contributed by atoms with Gasteiger partial charge in [-0.25, -0.2) is 4.39 Å². The quantitative estimate of drug-likeness (QED) is 0.767. The van der Waals surface area contributed by atoms with Crippen LogP contribution in [-0.2, 0) is 6.54 Å². The normalized spacial score (nSPS) is 23.5. The first-order valence-corrected chi connectivity index (χ1v) is 7.67. The van der Waals surface area contributed by atoms with Crippen LogP contribution < -0.4 is 5.32 Å². The first-order valence-electron chi connectivity index (χ1n) is 7.30. The first-order chi connectivity index (χ1) is 9.15. The molecule has 3 heteroatoms. The van der Waals surface area contributed by atoms with Crippen LogP contribution in [0.5, 0.6) is 0 Å². The number of nitrogens with one attached hydrogen (secondary N) is 1. The number of benzene rings is 1. The summed E-state index contributed by atoms with van der Waals surface area (Å²) in [7, 11) is 0. The van der Waals surface area contributed by atoms with E-state index in [1.54, 1.807) is 12.1 Å². The number of halogens is 2. The molecule has 0 amide bonds. The van der Waals surface area contributed by atoms with E-state index in [2.05, 4.69) is 12.2 Å². The molecule has 2 rings (SSSR count). The van der Waals surface area contributed by atoms with Crippen LogP contribution in [0.4, 0.5) is 4.39 Å². The molecule has 106 valence electrons. The highest BCUT2D eigenvalue weighted by molar-refractivity contribution is 6.30. The number of hydrogen-bond acceptors (Lipinski definition) is 1. The maximum absolute atomic E-state index is 13.0. The third kappa shape index (κ3) is 4.77. The van der Waals surface area contributed by atoms with E-state index in [-0.39, 0.29) is 10.8 Å². The fourth-order valence-electron chi connectivity index (χ4n) is 3.01. The number of rotatable bonds is 5. The van der Waals surface area contributed by atoms with Gasteiger partial charge in [0.1, 0.15) is 5.82 Å². The Morgan fingerprint density at radius 3 is 2.95 bits per heavy atom. The molecule has 1 nitrogen and oxygen atoms in total. The van der Waals surface area contributed by atoms with Gasteiger partial charge in [-0.1, -0.05) is 43.9 Å².